The van der Waals surface area contributed by atoms with Crippen molar-refractivity contribution in [1.82, 2.24) is 15.0 Å². The van der Waals surface area contributed by atoms with Crippen LogP contribution >= 0.6 is 0 Å². The third-order valence-corrected chi connectivity index (χ3v) is 4.58. The van der Waals surface area contributed by atoms with Crippen LogP contribution in [-0.4, -0.2) is 46.8 Å². The summed E-state index contributed by atoms with van der Waals surface area (Å²) in [5, 5.41) is 3.69. The Balaban J connectivity index is 1.57. The normalized spacial score (nSPS) is 41.4. The summed E-state index contributed by atoms with van der Waals surface area (Å²) >= 11 is 0. The smallest absolute Gasteiger partial charge is 0.323 e. The highest BCUT2D eigenvalue weighted by Gasteiger charge is 2.52. The summed E-state index contributed by atoms with van der Waals surface area (Å²) in [4.78, 5) is 9.08. The minimum Gasteiger partial charge on any atom is -0.323 e. The molecule has 3 unspecified atom stereocenters. The summed E-state index contributed by atoms with van der Waals surface area (Å²) in [6.45, 7) is 4.75. The molecular weight excluding hydrogens is 204 g/mol. The fourth-order valence-corrected chi connectivity index (χ4v) is 3.85. The van der Waals surface area contributed by atoms with Crippen molar-refractivity contribution in [3.8, 4) is 0 Å². The van der Waals surface area contributed by atoms with E-state index in [0.29, 0.717) is 11.6 Å². The molecule has 0 N–H and O–H groups in total. The first kappa shape index (κ1) is 8.98. The van der Waals surface area contributed by atoms with Crippen LogP contribution in [0.1, 0.15) is 19.3 Å². The van der Waals surface area contributed by atoms with Gasteiger partial charge in [0.05, 0.1) is 0 Å². The summed E-state index contributed by atoms with van der Waals surface area (Å²) in [6.07, 6.45) is 5.52. The monoisotopic (exact) mass is 220 g/mol. The van der Waals surface area contributed by atoms with Crippen LogP contribution in [0.5, 0.6) is 0 Å². The molecule has 3 aliphatic heterocycles. The number of aromatic nitrogens is 2. The Morgan fingerprint density at radius 1 is 1.44 bits per heavy atom. The van der Waals surface area contributed by atoms with Crippen LogP contribution in [0.25, 0.3) is 0 Å². The zero-order valence-electron chi connectivity index (χ0n) is 9.30. The van der Waals surface area contributed by atoms with Crippen molar-refractivity contribution in [3.05, 3.63) is 6.33 Å². The highest BCUT2D eigenvalue weighted by Crippen LogP contribution is 2.46. The fraction of sp³-hybridized carbons (Fsp3) is 0.818. The molecule has 16 heavy (non-hydrogen) atoms. The Hall–Kier alpha value is -1.10. The lowest BCUT2D eigenvalue weighted by atomic mass is 9.87. The molecule has 0 saturated carbocycles. The summed E-state index contributed by atoms with van der Waals surface area (Å²) in [5.74, 6) is 0.947. The molecular formula is C11H16N4O. The lowest BCUT2D eigenvalue weighted by Gasteiger charge is -2.36. The molecule has 5 heteroatoms. The molecule has 86 valence electrons. The van der Waals surface area contributed by atoms with Crippen LogP contribution in [0.3, 0.4) is 0 Å². The maximum atomic E-state index is 5.15. The van der Waals surface area contributed by atoms with E-state index in [1.807, 2.05) is 0 Å². The van der Waals surface area contributed by atoms with Gasteiger partial charge in [-0.05, 0) is 31.7 Å². The van der Waals surface area contributed by atoms with Gasteiger partial charge in [0.25, 0.3) is 0 Å². The van der Waals surface area contributed by atoms with E-state index in [9.17, 15) is 0 Å². The summed E-state index contributed by atoms with van der Waals surface area (Å²) in [5.41, 5.74) is 0.428. The van der Waals surface area contributed by atoms with Crippen molar-refractivity contribution in [2.45, 2.75) is 24.8 Å². The largest absolute Gasteiger partial charge is 0.323 e. The van der Waals surface area contributed by atoms with E-state index < -0.39 is 0 Å². The lowest BCUT2D eigenvalue weighted by molar-refractivity contribution is 0.155. The van der Waals surface area contributed by atoms with Gasteiger partial charge in [-0.1, -0.05) is 5.16 Å². The predicted molar refractivity (Wildman–Crippen MR) is 58.2 cm³/mol. The van der Waals surface area contributed by atoms with Crippen molar-refractivity contribution in [1.29, 1.82) is 0 Å². The van der Waals surface area contributed by atoms with E-state index in [0.717, 1.165) is 19.0 Å². The highest BCUT2D eigenvalue weighted by atomic mass is 16.5. The van der Waals surface area contributed by atoms with Gasteiger partial charge in [0.15, 0.2) is 6.33 Å². The molecule has 1 aromatic rings. The van der Waals surface area contributed by atoms with Gasteiger partial charge in [0.1, 0.15) is 0 Å². The first-order valence-corrected chi connectivity index (χ1v) is 6.12. The van der Waals surface area contributed by atoms with Crippen LogP contribution in [-0.2, 0) is 0 Å². The summed E-state index contributed by atoms with van der Waals surface area (Å²) < 4.78 is 5.15. The SMILES string of the molecule is c1noc(N2CCC3(CC4CCN3C4)C2)n1. The molecule has 1 aromatic heterocycles. The van der Waals surface area contributed by atoms with Crippen molar-refractivity contribution in [3.63, 3.8) is 0 Å². The maximum Gasteiger partial charge on any atom is 0.323 e. The van der Waals surface area contributed by atoms with Gasteiger partial charge in [0.2, 0.25) is 0 Å². The second-order valence-electron chi connectivity index (χ2n) is 5.42. The number of fused-ring (bicyclic) bond motifs is 3. The number of piperidine rings is 1. The van der Waals surface area contributed by atoms with E-state index >= 15 is 0 Å². The minimum atomic E-state index is 0.428. The molecule has 0 aromatic carbocycles. The molecule has 3 atom stereocenters. The van der Waals surface area contributed by atoms with Crippen molar-refractivity contribution in [2.24, 2.45) is 5.92 Å². The lowest BCUT2D eigenvalue weighted by Crippen LogP contribution is -2.46. The van der Waals surface area contributed by atoms with Gasteiger partial charge in [-0.25, -0.2) is 0 Å². The molecule has 2 bridgehead atoms. The van der Waals surface area contributed by atoms with Crippen molar-refractivity contribution in [2.75, 3.05) is 31.1 Å². The molecule has 3 aliphatic rings. The average Bonchev–Trinajstić information content (AvgIpc) is 2.99. The Morgan fingerprint density at radius 3 is 3.12 bits per heavy atom. The number of nitrogens with zero attached hydrogens (tertiary/aromatic N) is 4. The zero-order valence-corrected chi connectivity index (χ0v) is 9.30. The predicted octanol–water partition coefficient (Wildman–Crippen LogP) is 0.744. The zero-order chi connectivity index (χ0) is 10.6. The quantitative estimate of drug-likeness (QED) is 0.698. The standard InChI is InChI=1S/C11H16N4O/c1-3-15-6-9(1)5-11(15)2-4-14(7-11)10-12-8-13-16-10/h8-9H,1-7H2. The molecule has 0 amide bonds. The molecule has 4 rings (SSSR count). The van der Waals surface area contributed by atoms with E-state index in [-0.39, 0.29) is 0 Å². The average molecular weight is 220 g/mol. The second kappa shape index (κ2) is 2.97. The molecule has 4 heterocycles. The second-order valence-corrected chi connectivity index (χ2v) is 5.42. The minimum absolute atomic E-state index is 0.428. The maximum absolute atomic E-state index is 5.15. The molecule has 5 nitrogen and oxygen atoms in total. The van der Waals surface area contributed by atoms with Gasteiger partial charge < -0.3 is 9.42 Å². The number of hydrogen-bond acceptors (Lipinski definition) is 5. The van der Waals surface area contributed by atoms with Crippen LogP contribution in [0, 0.1) is 5.92 Å². The highest BCUT2D eigenvalue weighted by molar-refractivity contribution is 5.30. The van der Waals surface area contributed by atoms with Gasteiger partial charge in [0, 0.05) is 25.2 Å². The van der Waals surface area contributed by atoms with Gasteiger partial charge in [-0.2, -0.15) is 4.98 Å². The Kier molecular flexibility index (Phi) is 1.67. The molecule has 0 radical (unpaired) electrons. The summed E-state index contributed by atoms with van der Waals surface area (Å²) in [6, 6.07) is 0.695. The first-order chi connectivity index (χ1) is 7.86. The van der Waals surface area contributed by atoms with Crippen LogP contribution in [0.15, 0.2) is 10.9 Å². The van der Waals surface area contributed by atoms with Crippen LogP contribution in [0.4, 0.5) is 6.01 Å². The van der Waals surface area contributed by atoms with E-state index in [1.165, 1.54) is 38.7 Å². The number of hydrogen-bond donors (Lipinski definition) is 0. The molecule has 0 aliphatic carbocycles. The van der Waals surface area contributed by atoms with Gasteiger partial charge in [-0.15, -0.1) is 0 Å². The fourth-order valence-electron chi connectivity index (χ4n) is 3.85. The van der Waals surface area contributed by atoms with Crippen LogP contribution < -0.4 is 4.90 Å². The molecule has 3 saturated heterocycles. The Morgan fingerprint density at radius 2 is 2.44 bits per heavy atom. The number of rotatable bonds is 1. The third kappa shape index (κ3) is 1.09. The van der Waals surface area contributed by atoms with Crippen molar-refractivity contribution < 1.29 is 4.52 Å². The van der Waals surface area contributed by atoms with E-state index in [1.54, 1.807) is 0 Å². The van der Waals surface area contributed by atoms with E-state index in [2.05, 4.69) is 19.9 Å². The van der Waals surface area contributed by atoms with Gasteiger partial charge >= 0.3 is 6.01 Å². The van der Waals surface area contributed by atoms with E-state index in [4.69, 9.17) is 4.52 Å². The first-order valence-electron chi connectivity index (χ1n) is 6.12. The van der Waals surface area contributed by atoms with Crippen molar-refractivity contribution >= 4 is 6.01 Å². The topological polar surface area (TPSA) is 45.4 Å². The molecule has 3 fully saturated rings. The van der Waals surface area contributed by atoms with Gasteiger partial charge in [-0.3, -0.25) is 4.90 Å². The summed E-state index contributed by atoms with van der Waals surface area (Å²) in [7, 11) is 0. The van der Waals surface area contributed by atoms with Crippen LogP contribution in [0.2, 0.25) is 0 Å². The third-order valence-electron chi connectivity index (χ3n) is 4.58. The Labute approximate surface area is 94.4 Å². The molecule has 1 spiro atoms. The Bertz CT molecular complexity index is 393. The number of anilines is 1.